The zero-order chi connectivity index (χ0) is 33.3. The molecule has 0 spiro atoms. The van der Waals surface area contributed by atoms with Crippen LogP contribution in [-0.2, 0) is 28.4 Å². The van der Waals surface area contributed by atoms with Gasteiger partial charge in [-0.3, -0.25) is 0 Å². The van der Waals surface area contributed by atoms with E-state index in [1.165, 1.54) is 14.2 Å². The number of methoxy groups -OCH3 is 3. The van der Waals surface area contributed by atoms with Crippen molar-refractivity contribution >= 4 is 11.9 Å². The molecule has 0 saturated carbocycles. The van der Waals surface area contributed by atoms with E-state index in [0.717, 1.165) is 84.3 Å². The van der Waals surface area contributed by atoms with Gasteiger partial charge in [0, 0.05) is 24.0 Å². The Labute approximate surface area is 272 Å². The molecule has 0 aliphatic carbocycles. The number of rotatable bonds is 19. The second-order valence-electron chi connectivity index (χ2n) is 12.2. The molecule has 2 aliphatic rings. The Balaban J connectivity index is 0.000000251. The molecule has 0 bridgehead atoms. The summed E-state index contributed by atoms with van der Waals surface area (Å²) in [5, 5.41) is 0. The fraction of sp³-hybridized carbons (Fsp3) is 0.600. The van der Waals surface area contributed by atoms with E-state index in [0.29, 0.717) is 35.8 Å². The van der Waals surface area contributed by atoms with Crippen molar-refractivity contribution in [1.82, 2.24) is 0 Å². The quantitative estimate of drug-likeness (QED) is 0.145. The normalized spacial score (nSPS) is 15.7. The van der Waals surface area contributed by atoms with Gasteiger partial charge in [-0.05, 0) is 68.1 Å². The molecule has 4 rings (SSSR count). The average molecular weight is 647 g/mol. The number of hydrogen-bond donors (Lipinski definition) is 0. The molecular formula is C35H50O11. The van der Waals surface area contributed by atoms with Crippen molar-refractivity contribution in [2.24, 2.45) is 10.8 Å². The lowest BCUT2D eigenvalue weighted by Crippen LogP contribution is -2.43. The average Bonchev–Trinajstić information content (AvgIpc) is 3.05. The van der Waals surface area contributed by atoms with Crippen LogP contribution in [0.15, 0.2) is 42.5 Å². The van der Waals surface area contributed by atoms with Crippen LogP contribution in [0.4, 0.5) is 0 Å². The van der Waals surface area contributed by atoms with Crippen LogP contribution < -0.4 is 14.2 Å². The van der Waals surface area contributed by atoms with Gasteiger partial charge in [0.2, 0.25) is 0 Å². The van der Waals surface area contributed by atoms with Gasteiger partial charge >= 0.3 is 11.9 Å². The number of carbonyl (C=O) groups excluding carboxylic acids is 2. The summed E-state index contributed by atoms with van der Waals surface area (Å²) in [5.74, 6) is 1.15. The molecule has 0 aromatic heterocycles. The van der Waals surface area contributed by atoms with E-state index >= 15 is 0 Å². The van der Waals surface area contributed by atoms with Crippen LogP contribution in [0, 0.1) is 10.8 Å². The summed E-state index contributed by atoms with van der Waals surface area (Å²) in [7, 11) is 4.26. The fourth-order valence-electron chi connectivity index (χ4n) is 4.53. The first-order chi connectivity index (χ1) is 22.2. The lowest BCUT2D eigenvalue weighted by Gasteiger charge is -2.37. The first-order valence-corrected chi connectivity index (χ1v) is 15.7. The molecule has 256 valence electrons. The largest absolute Gasteiger partial charge is 0.494 e. The minimum atomic E-state index is -0.400. The Morgan fingerprint density at radius 3 is 1.59 bits per heavy atom. The highest BCUT2D eigenvalue weighted by Crippen LogP contribution is 2.29. The topological polar surface area (TPSA) is 117 Å². The van der Waals surface area contributed by atoms with E-state index in [2.05, 4.69) is 18.6 Å². The van der Waals surface area contributed by atoms with Crippen LogP contribution in [0.3, 0.4) is 0 Å². The highest BCUT2D eigenvalue weighted by Gasteiger charge is 2.34. The molecule has 2 aliphatic heterocycles. The van der Waals surface area contributed by atoms with Gasteiger partial charge in [0.25, 0.3) is 0 Å². The van der Waals surface area contributed by atoms with Crippen LogP contribution in [0.2, 0.25) is 0 Å². The summed E-state index contributed by atoms with van der Waals surface area (Å²) >= 11 is 0. The van der Waals surface area contributed by atoms with Crippen LogP contribution in [0.25, 0.3) is 0 Å². The monoisotopic (exact) mass is 646 g/mol. The molecule has 11 heteroatoms. The predicted octanol–water partition coefficient (Wildman–Crippen LogP) is 5.38. The van der Waals surface area contributed by atoms with Crippen molar-refractivity contribution in [3.8, 4) is 17.2 Å². The molecule has 0 amide bonds. The third-order valence-corrected chi connectivity index (χ3v) is 7.46. The Bertz CT molecular complexity index is 1190. The summed E-state index contributed by atoms with van der Waals surface area (Å²) in [6.45, 7) is 11.7. The maximum Gasteiger partial charge on any atom is 0.337 e. The van der Waals surface area contributed by atoms with Crippen molar-refractivity contribution < 1.29 is 52.2 Å². The van der Waals surface area contributed by atoms with E-state index in [1.807, 2.05) is 0 Å². The summed E-state index contributed by atoms with van der Waals surface area (Å²) in [5.41, 5.74) is 1.38. The van der Waals surface area contributed by atoms with E-state index in [-0.39, 0.29) is 16.8 Å². The van der Waals surface area contributed by atoms with E-state index in [4.69, 9.17) is 37.9 Å². The molecule has 2 heterocycles. The summed E-state index contributed by atoms with van der Waals surface area (Å²) in [6.07, 6.45) is 3.72. The zero-order valence-electron chi connectivity index (χ0n) is 27.9. The minimum Gasteiger partial charge on any atom is -0.494 e. The van der Waals surface area contributed by atoms with E-state index in [1.54, 1.807) is 49.6 Å². The first kappa shape index (κ1) is 37.1. The molecular weight excluding hydrogens is 596 g/mol. The van der Waals surface area contributed by atoms with Crippen LogP contribution in [0.5, 0.6) is 17.2 Å². The number of unbranched alkanes of at least 4 members (excludes halogenated alkanes) is 2. The van der Waals surface area contributed by atoms with Gasteiger partial charge in [0.05, 0.1) is 85.3 Å². The molecule has 2 saturated heterocycles. The Hall–Kier alpha value is -3.38. The standard InChI is InChI=1S/C18H26O6.C17H24O5/c1-18(12-23-13-18)11-22-8-4-5-9-24-15-7-6-14(17(19)21-3)10-16(15)20-2;1-17(12-21-13-17)11-20-9-3-4-10-22-15-7-5-14(6-8-15)16(18)19-2/h6-7,10H,4-5,8-9,11-13H2,1-3H3;5-8H,3-4,9-13H2,1-2H3. The zero-order valence-corrected chi connectivity index (χ0v) is 27.9. The summed E-state index contributed by atoms with van der Waals surface area (Å²) in [4.78, 5) is 22.8. The minimum absolute atomic E-state index is 0.200. The molecule has 2 fully saturated rings. The van der Waals surface area contributed by atoms with Gasteiger partial charge in [-0.2, -0.15) is 0 Å². The van der Waals surface area contributed by atoms with Gasteiger partial charge in [-0.15, -0.1) is 0 Å². The molecule has 2 aromatic carbocycles. The van der Waals surface area contributed by atoms with E-state index < -0.39 is 5.97 Å². The van der Waals surface area contributed by atoms with Gasteiger partial charge in [0.1, 0.15) is 5.75 Å². The fourth-order valence-corrected chi connectivity index (χ4v) is 4.53. The Kier molecular flexibility index (Phi) is 15.6. The molecule has 0 radical (unpaired) electrons. The van der Waals surface area contributed by atoms with Gasteiger partial charge in [0.15, 0.2) is 11.5 Å². The van der Waals surface area contributed by atoms with Gasteiger partial charge in [-0.25, -0.2) is 9.59 Å². The number of hydrogen-bond acceptors (Lipinski definition) is 11. The molecule has 11 nitrogen and oxygen atoms in total. The van der Waals surface area contributed by atoms with Crippen molar-refractivity contribution in [2.45, 2.75) is 39.5 Å². The molecule has 2 aromatic rings. The second kappa shape index (κ2) is 19.3. The Morgan fingerprint density at radius 1 is 0.630 bits per heavy atom. The van der Waals surface area contributed by atoms with Crippen molar-refractivity contribution in [2.75, 3.05) is 87.4 Å². The molecule has 0 atom stereocenters. The Morgan fingerprint density at radius 2 is 1.11 bits per heavy atom. The van der Waals surface area contributed by atoms with Crippen molar-refractivity contribution in [3.05, 3.63) is 53.6 Å². The van der Waals surface area contributed by atoms with Crippen molar-refractivity contribution in [1.29, 1.82) is 0 Å². The molecule has 46 heavy (non-hydrogen) atoms. The lowest BCUT2D eigenvalue weighted by molar-refractivity contribution is -0.138. The number of ether oxygens (including phenoxy) is 9. The molecule has 0 N–H and O–H groups in total. The van der Waals surface area contributed by atoms with Gasteiger partial charge in [-0.1, -0.05) is 13.8 Å². The highest BCUT2D eigenvalue weighted by atomic mass is 16.5. The van der Waals surface area contributed by atoms with Crippen LogP contribution in [-0.4, -0.2) is 99.3 Å². The van der Waals surface area contributed by atoms with Crippen molar-refractivity contribution in [3.63, 3.8) is 0 Å². The SMILES string of the molecule is COC(=O)c1ccc(OCCCCOCC2(C)COC2)c(OC)c1.COC(=O)c1ccc(OCCCCOCC2(C)COC2)cc1. The smallest absolute Gasteiger partial charge is 0.337 e. The summed E-state index contributed by atoms with van der Waals surface area (Å²) in [6, 6.07) is 12.0. The third-order valence-electron chi connectivity index (χ3n) is 7.46. The third kappa shape index (κ3) is 12.4. The maximum absolute atomic E-state index is 11.5. The first-order valence-electron chi connectivity index (χ1n) is 15.7. The van der Waals surface area contributed by atoms with E-state index in [9.17, 15) is 9.59 Å². The molecule has 0 unspecified atom stereocenters. The number of carbonyl (C=O) groups is 2. The predicted molar refractivity (Wildman–Crippen MR) is 171 cm³/mol. The highest BCUT2D eigenvalue weighted by molar-refractivity contribution is 5.90. The second-order valence-corrected chi connectivity index (χ2v) is 12.2. The number of esters is 2. The number of benzene rings is 2. The summed E-state index contributed by atoms with van der Waals surface area (Å²) < 4.78 is 47.7. The van der Waals surface area contributed by atoms with Crippen LogP contribution >= 0.6 is 0 Å². The lowest BCUT2D eigenvalue weighted by atomic mass is 9.90. The van der Waals surface area contributed by atoms with Crippen LogP contribution in [0.1, 0.15) is 60.2 Å². The maximum atomic E-state index is 11.5. The van der Waals surface area contributed by atoms with Gasteiger partial charge < -0.3 is 42.6 Å².